The second kappa shape index (κ2) is 7.71. The molecule has 1 amide bonds. The van der Waals surface area contributed by atoms with Crippen LogP contribution in [0.3, 0.4) is 0 Å². The number of hydrogen-bond acceptors (Lipinski definition) is 3. The van der Waals surface area contributed by atoms with Gasteiger partial charge in [-0.25, -0.2) is 0 Å². The lowest BCUT2D eigenvalue weighted by Crippen LogP contribution is -2.41. The summed E-state index contributed by atoms with van der Waals surface area (Å²) in [6.45, 7) is 4.77. The Balaban J connectivity index is 2.17. The molecule has 1 aromatic carbocycles. The van der Waals surface area contributed by atoms with E-state index in [0.717, 1.165) is 24.6 Å². The molecular weight excluding hydrogens is 334 g/mol. The highest BCUT2D eigenvalue weighted by Gasteiger charge is 2.29. The second-order valence-electron chi connectivity index (χ2n) is 5.51. The molecule has 0 aromatic heterocycles. The summed E-state index contributed by atoms with van der Waals surface area (Å²) >= 11 is 0. The van der Waals surface area contributed by atoms with E-state index < -0.39 is 24.8 Å². The van der Waals surface area contributed by atoms with Gasteiger partial charge in [0.2, 0.25) is 0 Å². The van der Waals surface area contributed by atoms with Gasteiger partial charge in [0.25, 0.3) is 5.91 Å². The Hall–Kier alpha value is -2.32. The van der Waals surface area contributed by atoms with E-state index in [1.807, 2.05) is 0 Å². The summed E-state index contributed by atoms with van der Waals surface area (Å²) in [6.07, 6.45) is -0.748. The van der Waals surface area contributed by atoms with Crippen molar-refractivity contribution in [3.63, 3.8) is 0 Å². The first-order valence-corrected chi connectivity index (χ1v) is 7.54. The molecule has 132 valence electrons. The van der Waals surface area contributed by atoms with E-state index >= 15 is 0 Å². The van der Waals surface area contributed by atoms with E-state index in [4.69, 9.17) is 4.65 Å². The average molecular weight is 351 g/mol. The van der Waals surface area contributed by atoms with Crippen molar-refractivity contribution in [1.82, 2.24) is 0 Å². The van der Waals surface area contributed by atoms with Gasteiger partial charge in [0, 0.05) is 23.4 Å². The Bertz CT molecular complexity index is 741. The minimum Gasteiger partial charge on any atom is -0.423 e. The van der Waals surface area contributed by atoms with E-state index in [1.165, 1.54) is 6.08 Å². The maximum absolute atomic E-state index is 12.5. The van der Waals surface area contributed by atoms with Gasteiger partial charge in [0.1, 0.15) is 0 Å². The number of benzene rings is 1. The number of carbonyl (C=O) groups is 1. The largest absolute Gasteiger partial charge is 0.491 e. The van der Waals surface area contributed by atoms with Gasteiger partial charge in [-0.3, -0.25) is 4.79 Å². The topological polar surface area (TPSA) is 58.6 Å². The summed E-state index contributed by atoms with van der Waals surface area (Å²) in [4.78, 5) is 12.2. The van der Waals surface area contributed by atoms with Crippen molar-refractivity contribution in [1.29, 1.82) is 0 Å². The van der Waals surface area contributed by atoms with Gasteiger partial charge in [-0.05, 0) is 42.6 Å². The molecule has 25 heavy (non-hydrogen) atoms. The maximum atomic E-state index is 12.5. The molecule has 0 spiro atoms. The smallest absolute Gasteiger partial charge is 0.423 e. The number of nitrogens with one attached hydrogen (secondary N) is 1. The van der Waals surface area contributed by atoms with E-state index in [1.54, 1.807) is 18.2 Å². The number of hydrogen-bond donors (Lipinski definition) is 2. The third kappa shape index (κ3) is 4.84. The number of halogens is 3. The van der Waals surface area contributed by atoms with Crippen molar-refractivity contribution in [2.24, 2.45) is 0 Å². The molecule has 2 rings (SSSR count). The Morgan fingerprint density at radius 2 is 2.12 bits per heavy atom. The van der Waals surface area contributed by atoms with Crippen LogP contribution >= 0.6 is 0 Å². The first-order chi connectivity index (χ1) is 11.7. The standard InChI is InChI=1S/C17H17BF3NO3/c1-3-12(5-4-11(2)17(19,20)21)16(23)22-14-7-6-13-8-9-25-18(24)15(13)10-14/h3-7,10,24H,1,8-9H2,2H3,(H,22,23)/b11-4+,12-5+. The monoisotopic (exact) mass is 351 g/mol. The molecule has 0 saturated heterocycles. The van der Waals surface area contributed by atoms with Crippen LogP contribution in [0.2, 0.25) is 0 Å². The quantitative estimate of drug-likeness (QED) is 0.498. The zero-order valence-electron chi connectivity index (χ0n) is 13.6. The van der Waals surface area contributed by atoms with Crippen LogP contribution in [0.15, 0.2) is 54.2 Å². The maximum Gasteiger partial charge on any atom is 0.491 e. The van der Waals surface area contributed by atoms with Crippen molar-refractivity contribution in [2.75, 3.05) is 11.9 Å². The number of allylic oxidation sites excluding steroid dienone is 3. The number of carbonyl (C=O) groups excluding carboxylic acids is 1. The number of fused-ring (bicyclic) bond motifs is 1. The lowest BCUT2D eigenvalue weighted by molar-refractivity contribution is -0.112. The van der Waals surface area contributed by atoms with Crippen LogP contribution in [0.1, 0.15) is 12.5 Å². The minimum absolute atomic E-state index is 0.0156. The van der Waals surface area contributed by atoms with E-state index in [2.05, 4.69) is 11.9 Å². The molecule has 0 atom stereocenters. The average Bonchev–Trinajstić information content (AvgIpc) is 2.55. The third-order valence-electron chi connectivity index (χ3n) is 3.76. The lowest BCUT2D eigenvalue weighted by Gasteiger charge is -2.19. The Morgan fingerprint density at radius 3 is 2.76 bits per heavy atom. The summed E-state index contributed by atoms with van der Waals surface area (Å²) in [7, 11) is -1.06. The summed E-state index contributed by atoms with van der Waals surface area (Å²) in [6, 6.07) is 5.00. The molecule has 0 aliphatic carbocycles. The fraction of sp³-hybridized carbons (Fsp3) is 0.235. The molecule has 1 aromatic rings. The number of amides is 1. The van der Waals surface area contributed by atoms with Crippen molar-refractivity contribution >= 4 is 24.2 Å². The minimum atomic E-state index is -4.45. The normalized spacial score (nSPS) is 15.6. The Kier molecular flexibility index (Phi) is 5.87. The lowest BCUT2D eigenvalue weighted by atomic mass is 9.73. The molecule has 0 saturated carbocycles. The molecule has 4 nitrogen and oxygen atoms in total. The molecule has 1 aliphatic heterocycles. The van der Waals surface area contributed by atoms with Crippen LogP contribution in [0.4, 0.5) is 18.9 Å². The predicted molar refractivity (Wildman–Crippen MR) is 90.4 cm³/mol. The van der Waals surface area contributed by atoms with Crippen molar-refractivity contribution in [2.45, 2.75) is 19.5 Å². The summed E-state index contributed by atoms with van der Waals surface area (Å²) in [5.41, 5.74) is 1.03. The fourth-order valence-corrected chi connectivity index (χ4v) is 2.25. The van der Waals surface area contributed by atoms with E-state index in [0.29, 0.717) is 24.2 Å². The van der Waals surface area contributed by atoms with Crippen molar-refractivity contribution < 1.29 is 27.6 Å². The van der Waals surface area contributed by atoms with Crippen LogP contribution in [0.25, 0.3) is 0 Å². The molecular formula is C17H17BF3NO3. The summed E-state index contributed by atoms with van der Waals surface area (Å²) in [5, 5.41) is 12.4. The van der Waals surface area contributed by atoms with Gasteiger partial charge in [-0.15, -0.1) is 0 Å². The predicted octanol–water partition coefficient (Wildman–Crippen LogP) is 2.51. The molecule has 0 fully saturated rings. The molecule has 0 radical (unpaired) electrons. The van der Waals surface area contributed by atoms with Crippen LogP contribution in [0.5, 0.6) is 0 Å². The van der Waals surface area contributed by atoms with E-state index in [-0.39, 0.29) is 5.57 Å². The highest BCUT2D eigenvalue weighted by Crippen LogP contribution is 2.25. The van der Waals surface area contributed by atoms with Gasteiger partial charge in [-0.1, -0.05) is 24.8 Å². The Morgan fingerprint density at radius 1 is 1.40 bits per heavy atom. The van der Waals surface area contributed by atoms with Gasteiger partial charge in [0.15, 0.2) is 0 Å². The second-order valence-corrected chi connectivity index (χ2v) is 5.51. The molecule has 0 unspecified atom stereocenters. The summed E-state index contributed by atoms with van der Waals surface area (Å²) < 4.78 is 42.6. The first kappa shape index (κ1) is 19.0. The molecule has 0 bridgehead atoms. The van der Waals surface area contributed by atoms with Crippen LogP contribution in [-0.4, -0.2) is 30.8 Å². The van der Waals surface area contributed by atoms with E-state index in [9.17, 15) is 23.0 Å². The van der Waals surface area contributed by atoms with Gasteiger partial charge >= 0.3 is 13.3 Å². The SMILES string of the molecule is C=C/C(=C\C=C(/C)C(F)(F)F)C(=O)Nc1ccc2c(c1)B(O)OCC2. The number of rotatable bonds is 4. The molecule has 2 N–H and O–H groups in total. The number of alkyl halides is 3. The van der Waals surface area contributed by atoms with Gasteiger partial charge in [0.05, 0.1) is 0 Å². The van der Waals surface area contributed by atoms with Gasteiger partial charge in [-0.2, -0.15) is 13.2 Å². The summed E-state index contributed by atoms with van der Waals surface area (Å²) in [5.74, 6) is -0.604. The Labute approximate surface area is 143 Å². The van der Waals surface area contributed by atoms with Crippen LogP contribution < -0.4 is 10.8 Å². The van der Waals surface area contributed by atoms with Crippen molar-refractivity contribution in [3.8, 4) is 0 Å². The zero-order chi connectivity index (χ0) is 18.6. The number of anilines is 1. The van der Waals surface area contributed by atoms with Crippen LogP contribution in [-0.2, 0) is 15.9 Å². The molecule has 8 heteroatoms. The van der Waals surface area contributed by atoms with Gasteiger partial charge < -0.3 is 15.0 Å². The molecule has 1 aliphatic rings. The molecule has 1 heterocycles. The van der Waals surface area contributed by atoms with Crippen molar-refractivity contribution in [3.05, 3.63) is 59.7 Å². The highest BCUT2D eigenvalue weighted by molar-refractivity contribution is 6.61. The first-order valence-electron chi connectivity index (χ1n) is 7.54. The zero-order valence-corrected chi connectivity index (χ0v) is 13.6. The highest BCUT2D eigenvalue weighted by atomic mass is 19.4. The fourth-order valence-electron chi connectivity index (χ4n) is 2.25. The third-order valence-corrected chi connectivity index (χ3v) is 3.76. The van der Waals surface area contributed by atoms with Crippen LogP contribution in [0, 0.1) is 0 Å².